The van der Waals surface area contributed by atoms with Gasteiger partial charge in [-0.05, 0) is 17.7 Å². The molecule has 0 unspecified atom stereocenters. The number of carbonyl (C=O) groups is 1. The molecule has 2 heterocycles. The molecule has 2 aromatic rings. The summed E-state index contributed by atoms with van der Waals surface area (Å²) in [5.74, 6) is 0.000284. The molecule has 1 saturated heterocycles. The van der Waals surface area contributed by atoms with Crippen LogP contribution >= 0.6 is 0 Å². The fourth-order valence-corrected chi connectivity index (χ4v) is 2.29. The van der Waals surface area contributed by atoms with Crippen LogP contribution in [0.1, 0.15) is 22.1 Å². The maximum atomic E-state index is 11.8. The predicted molar refractivity (Wildman–Crippen MR) is 79.7 cm³/mol. The zero-order chi connectivity index (χ0) is 15.4. The van der Waals surface area contributed by atoms with E-state index in [1.807, 2.05) is 12.1 Å². The Bertz CT molecular complexity index is 632. The summed E-state index contributed by atoms with van der Waals surface area (Å²) in [6.45, 7) is 5.42. The Labute approximate surface area is 128 Å². The number of amides is 1. The number of nitrogens with zero attached hydrogens (tertiary/aromatic N) is 3. The van der Waals surface area contributed by atoms with Crippen molar-refractivity contribution >= 4 is 11.6 Å². The first kappa shape index (κ1) is 14.5. The Morgan fingerprint density at radius 2 is 1.95 bits per heavy atom. The minimum Gasteiger partial charge on any atom is -0.417 e. The number of ether oxygens (including phenoxy) is 1. The van der Waals surface area contributed by atoms with Crippen molar-refractivity contribution in [1.82, 2.24) is 15.5 Å². The maximum absolute atomic E-state index is 11.8. The van der Waals surface area contributed by atoms with Crippen molar-refractivity contribution in [3.63, 3.8) is 0 Å². The Morgan fingerprint density at radius 1 is 1.23 bits per heavy atom. The van der Waals surface area contributed by atoms with E-state index in [4.69, 9.17) is 9.15 Å². The van der Waals surface area contributed by atoms with Gasteiger partial charge in [-0.25, -0.2) is 0 Å². The Hall–Kier alpha value is -2.41. The zero-order valence-corrected chi connectivity index (χ0v) is 12.4. The molecule has 0 aliphatic carbocycles. The third-order valence-corrected chi connectivity index (χ3v) is 3.49. The van der Waals surface area contributed by atoms with Gasteiger partial charge in [-0.15, -0.1) is 10.2 Å². The summed E-state index contributed by atoms with van der Waals surface area (Å²) in [7, 11) is 0. The molecule has 3 rings (SSSR count). The normalized spacial score (nSPS) is 14.9. The number of benzene rings is 1. The van der Waals surface area contributed by atoms with Gasteiger partial charge in [-0.3, -0.25) is 4.79 Å². The van der Waals surface area contributed by atoms with Crippen LogP contribution in [-0.4, -0.2) is 42.4 Å². The molecule has 0 bridgehead atoms. The van der Waals surface area contributed by atoms with Crippen LogP contribution < -0.4 is 10.2 Å². The second kappa shape index (κ2) is 6.57. The van der Waals surface area contributed by atoms with E-state index in [0.29, 0.717) is 12.4 Å². The van der Waals surface area contributed by atoms with Gasteiger partial charge in [0.1, 0.15) is 0 Å². The van der Waals surface area contributed by atoms with Crippen LogP contribution in [0, 0.1) is 6.92 Å². The molecule has 1 aliphatic rings. The highest BCUT2D eigenvalue weighted by molar-refractivity contribution is 5.89. The van der Waals surface area contributed by atoms with Crippen LogP contribution in [0.3, 0.4) is 0 Å². The first-order valence-electron chi connectivity index (χ1n) is 7.22. The van der Waals surface area contributed by atoms with Gasteiger partial charge in [0.25, 0.3) is 0 Å². The molecule has 1 fully saturated rings. The third-order valence-electron chi connectivity index (χ3n) is 3.49. The van der Waals surface area contributed by atoms with Gasteiger partial charge in [0.15, 0.2) is 0 Å². The van der Waals surface area contributed by atoms with E-state index in [0.717, 1.165) is 31.9 Å². The molecule has 0 spiro atoms. The Morgan fingerprint density at radius 3 is 2.59 bits per heavy atom. The van der Waals surface area contributed by atoms with Crippen molar-refractivity contribution < 1.29 is 13.9 Å². The van der Waals surface area contributed by atoms with Gasteiger partial charge >= 0.3 is 11.8 Å². The van der Waals surface area contributed by atoms with Crippen molar-refractivity contribution in [1.29, 1.82) is 0 Å². The molecule has 22 heavy (non-hydrogen) atoms. The summed E-state index contributed by atoms with van der Waals surface area (Å²) in [5, 5.41) is 10.1. The minimum atomic E-state index is -0.363. The molecule has 7 heteroatoms. The van der Waals surface area contributed by atoms with Gasteiger partial charge in [-0.1, -0.05) is 12.1 Å². The summed E-state index contributed by atoms with van der Waals surface area (Å²) in [5.41, 5.74) is 2.19. The molecule has 1 N–H and O–H groups in total. The summed E-state index contributed by atoms with van der Waals surface area (Å²) < 4.78 is 10.4. The topological polar surface area (TPSA) is 80.5 Å². The molecule has 1 aromatic carbocycles. The third kappa shape index (κ3) is 3.43. The highest BCUT2D eigenvalue weighted by Crippen LogP contribution is 2.16. The molecule has 0 saturated carbocycles. The average molecular weight is 302 g/mol. The van der Waals surface area contributed by atoms with Crippen molar-refractivity contribution in [2.75, 3.05) is 31.2 Å². The summed E-state index contributed by atoms with van der Waals surface area (Å²) in [6.07, 6.45) is 0. The highest BCUT2D eigenvalue weighted by Gasteiger charge is 2.13. The van der Waals surface area contributed by atoms with Gasteiger partial charge in [0, 0.05) is 32.2 Å². The number of aryl methyl sites for hydroxylation is 1. The first-order valence-corrected chi connectivity index (χ1v) is 7.22. The zero-order valence-electron chi connectivity index (χ0n) is 12.4. The van der Waals surface area contributed by atoms with Gasteiger partial charge in [0.2, 0.25) is 5.89 Å². The molecule has 1 amide bonds. The van der Waals surface area contributed by atoms with Crippen LogP contribution in [0.4, 0.5) is 5.69 Å². The smallest absolute Gasteiger partial charge is 0.309 e. The fourth-order valence-electron chi connectivity index (χ4n) is 2.29. The number of carbonyl (C=O) groups excluding carboxylic acids is 1. The van der Waals surface area contributed by atoms with Gasteiger partial charge in [-0.2, -0.15) is 0 Å². The fraction of sp³-hybridized carbons (Fsp3) is 0.400. The van der Waals surface area contributed by atoms with E-state index in [1.165, 1.54) is 5.69 Å². The van der Waals surface area contributed by atoms with E-state index in [-0.39, 0.29) is 11.8 Å². The molecule has 1 aromatic heterocycles. The number of hydrogen-bond donors (Lipinski definition) is 1. The summed E-state index contributed by atoms with van der Waals surface area (Å²) in [6, 6.07) is 8.13. The van der Waals surface area contributed by atoms with E-state index in [1.54, 1.807) is 6.92 Å². The summed E-state index contributed by atoms with van der Waals surface area (Å²) in [4.78, 5) is 14.1. The van der Waals surface area contributed by atoms with E-state index in [2.05, 4.69) is 32.5 Å². The van der Waals surface area contributed by atoms with Crippen molar-refractivity contribution in [2.24, 2.45) is 0 Å². The standard InChI is InChI=1S/C15H18N4O3/c1-11-17-18-15(22-11)14(20)16-10-12-2-4-13(5-3-12)19-6-8-21-9-7-19/h2-5H,6-10H2,1H3,(H,16,20). The average Bonchev–Trinajstić information content (AvgIpc) is 3.00. The Balaban J connectivity index is 1.55. The van der Waals surface area contributed by atoms with E-state index < -0.39 is 0 Å². The predicted octanol–water partition coefficient (Wildman–Crippen LogP) is 1.14. The summed E-state index contributed by atoms with van der Waals surface area (Å²) >= 11 is 0. The number of rotatable bonds is 4. The van der Waals surface area contributed by atoms with E-state index in [9.17, 15) is 4.79 Å². The number of aromatic nitrogens is 2. The highest BCUT2D eigenvalue weighted by atomic mass is 16.5. The lowest BCUT2D eigenvalue weighted by Crippen LogP contribution is -2.36. The molecule has 7 nitrogen and oxygen atoms in total. The van der Waals surface area contributed by atoms with Crippen molar-refractivity contribution in [3.05, 3.63) is 41.6 Å². The molecule has 116 valence electrons. The lowest BCUT2D eigenvalue weighted by Gasteiger charge is -2.28. The number of nitrogens with one attached hydrogen (secondary N) is 1. The molecular formula is C15H18N4O3. The monoisotopic (exact) mass is 302 g/mol. The lowest BCUT2D eigenvalue weighted by molar-refractivity contribution is 0.0915. The SMILES string of the molecule is Cc1nnc(C(=O)NCc2ccc(N3CCOCC3)cc2)o1. The second-order valence-corrected chi connectivity index (χ2v) is 5.07. The quantitative estimate of drug-likeness (QED) is 0.912. The molecule has 0 atom stereocenters. The van der Waals surface area contributed by atoms with Crippen molar-refractivity contribution in [2.45, 2.75) is 13.5 Å². The number of anilines is 1. The van der Waals surface area contributed by atoms with Crippen LogP contribution in [0.2, 0.25) is 0 Å². The van der Waals surface area contributed by atoms with Crippen LogP contribution in [0.25, 0.3) is 0 Å². The van der Waals surface area contributed by atoms with E-state index >= 15 is 0 Å². The second-order valence-electron chi connectivity index (χ2n) is 5.07. The maximum Gasteiger partial charge on any atom is 0.309 e. The Kier molecular flexibility index (Phi) is 4.34. The number of morpholine rings is 1. The number of hydrogen-bond acceptors (Lipinski definition) is 6. The van der Waals surface area contributed by atoms with Gasteiger partial charge < -0.3 is 19.4 Å². The van der Waals surface area contributed by atoms with Crippen LogP contribution in [0.15, 0.2) is 28.7 Å². The van der Waals surface area contributed by atoms with Crippen molar-refractivity contribution in [3.8, 4) is 0 Å². The largest absolute Gasteiger partial charge is 0.417 e. The van der Waals surface area contributed by atoms with Gasteiger partial charge in [0.05, 0.1) is 13.2 Å². The molecule has 1 aliphatic heterocycles. The van der Waals surface area contributed by atoms with Crippen LogP contribution in [0.5, 0.6) is 0 Å². The minimum absolute atomic E-state index is 0.0116. The lowest BCUT2D eigenvalue weighted by atomic mass is 10.2. The first-order chi connectivity index (χ1) is 10.7. The molecular weight excluding hydrogens is 284 g/mol. The van der Waals surface area contributed by atoms with Crippen LogP contribution in [-0.2, 0) is 11.3 Å². The molecule has 0 radical (unpaired) electrons.